The van der Waals surface area contributed by atoms with Gasteiger partial charge in [-0.25, -0.2) is 27.1 Å². The summed E-state index contributed by atoms with van der Waals surface area (Å²) in [6, 6.07) is 5.27. The number of nitrogens with two attached hydrogens (primary N) is 1. The predicted octanol–water partition coefficient (Wildman–Crippen LogP) is 3.88. The van der Waals surface area contributed by atoms with Gasteiger partial charge in [-0.05, 0) is 53.6 Å². The minimum Gasteiger partial charge on any atom is -0.457 e. The first kappa shape index (κ1) is 22.0. The molecule has 2 aromatic carbocycles. The van der Waals surface area contributed by atoms with Gasteiger partial charge in [0, 0.05) is 0 Å². The van der Waals surface area contributed by atoms with Gasteiger partial charge in [0.2, 0.25) is 10.0 Å². The fourth-order valence-corrected chi connectivity index (χ4v) is 3.41. The summed E-state index contributed by atoms with van der Waals surface area (Å²) >= 11 is 0. The van der Waals surface area contributed by atoms with Crippen LogP contribution in [0.1, 0.15) is 53.4 Å². The lowest BCUT2D eigenvalue weighted by molar-refractivity contribution is 0.0459. The Kier molecular flexibility index (Phi) is 5.96. The maximum atomic E-state index is 14.3. The van der Waals surface area contributed by atoms with E-state index in [1.165, 1.54) is 0 Å². The first-order chi connectivity index (χ1) is 12.7. The highest BCUT2D eigenvalue weighted by atomic mass is 32.2. The summed E-state index contributed by atoms with van der Waals surface area (Å²) in [5, 5.41) is 4.89. The zero-order valence-corrected chi connectivity index (χ0v) is 17.2. The second-order valence-corrected chi connectivity index (χ2v) is 9.22. The molecule has 0 aromatic heterocycles. The third-order valence-corrected chi connectivity index (χ3v) is 5.40. The van der Waals surface area contributed by atoms with Gasteiger partial charge >= 0.3 is 5.97 Å². The van der Waals surface area contributed by atoms with Crippen molar-refractivity contribution in [2.75, 3.05) is 0 Å². The second-order valence-electron chi connectivity index (χ2n) is 7.69. The number of hydrogen-bond acceptors (Lipinski definition) is 4. The minimum absolute atomic E-state index is 0.0643. The van der Waals surface area contributed by atoms with Crippen LogP contribution in [0, 0.1) is 25.5 Å². The summed E-state index contributed by atoms with van der Waals surface area (Å²) in [6.07, 6.45) is 0. The zero-order valence-electron chi connectivity index (χ0n) is 16.4. The molecule has 0 aliphatic rings. The maximum Gasteiger partial charge on any atom is 0.344 e. The number of primary sulfonamides is 1. The summed E-state index contributed by atoms with van der Waals surface area (Å²) in [5.41, 5.74) is 2.41. The molecule has 0 atom stereocenters. The number of sulfonamides is 1. The second kappa shape index (κ2) is 7.60. The van der Waals surface area contributed by atoms with Crippen LogP contribution in [0.5, 0.6) is 0 Å². The molecule has 0 radical (unpaired) electrons. The fourth-order valence-electron chi connectivity index (χ4n) is 2.80. The number of carbonyl (C=O) groups excluding carboxylic acids is 1. The van der Waals surface area contributed by atoms with Crippen LogP contribution in [0.2, 0.25) is 0 Å². The van der Waals surface area contributed by atoms with E-state index in [0.29, 0.717) is 17.7 Å². The Hall–Kier alpha value is -2.32. The predicted molar refractivity (Wildman–Crippen MR) is 101 cm³/mol. The highest BCUT2D eigenvalue weighted by Crippen LogP contribution is 2.28. The Morgan fingerprint density at radius 3 is 2.11 bits per heavy atom. The summed E-state index contributed by atoms with van der Waals surface area (Å²) in [4.78, 5) is 11.3. The van der Waals surface area contributed by atoms with Crippen LogP contribution >= 0.6 is 0 Å². The van der Waals surface area contributed by atoms with E-state index in [2.05, 4.69) is 20.8 Å². The Balaban J connectivity index is 2.34. The molecule has 0 aliphatic carbocycles. The number of benzene rings is 2. The molecule has 28 heavy (non-hydrogen) atoms. The van der Waals surface area contributed by atoms with Gasteiger partial charge in [-0.15, -0.1) is 0 Å². The van der Waals surface area contributed by atoms with Crippen molar-refractivity contribution in [3.8, 4) is 0 Å². The van der Waals surface area contributed by atoms with Crippen LogP contribution in [0.15, 0.2) is 29.2 Å². The lowest BCUT2D eigenvalue weighted by atomic mass is 9.84. The van der Waals surface area contributed by atoms with Crippen LogP contribution in [-0.2, 0) is 26.8 Å². The van der Waals surface area contributed by atoms with Crippen molar-refractivity contribution in [3.63, 3.8) is 0 Å². The maximum absolute atomic E-state index is 14.3. The van der Waals surface area contributed by atoms with Gasteiger partial charge in [-0.1, -0.05) is 32.9 Å². The monoisotopic (exact) mass is 411 g/mol. The average molecular weight is 411 g/mol. The lowest BCUT2D eigenvalue weighted by Crippen LogP contribution is -2.18. The third-order valence-electron chi connectivity index (χ3n) is 4.48. The SMILES string of the molecule is Cc1cc(C(C)(C)C)cc(C)c1COC(=O)c1c(F)ccc(S(N)(=O)=O)c1F. The molecule has 8 heteroatoms. The third kappa shape index (κ3) is 4.56. The largest absolute Gasteiger partial charge is 0.457 e. The molecule has 0 heterocycles. The molecule has 0 saturated heterocycles. The Morgan fingerprint density at radius 2 is 1.64 bits per heavy atom. The molecular weight excluding hydrogens is 388 g/mol. The van der Waals surface area contributed by atoms with Gasteiger partial charge < -0.3 is 4.74 Å². The van der Waals surface area contributed by atoms with Crippen molar-refractivity contribution in [2.24, 2.45) is 5.14 Å². The van der Waals surface area contributed by atoms with E-state index in [1.54, 1.807) is 0 Å². The molecule has 0 spiro atoms. The number of ether oxygens (including phenoxy) is 1. The minimum atomic E-state index is -4.46. The van der Waals surface area contributed by atoms with E-state index in [9.17, 15) is 22.0 Å². The summed E-state index contributed by atoms with van der Waals surface area (Å²) in [6.45, 7) is 9.72. The van der Waals surface area contributed by atoms with Crippen LogP contribution in [0.3, 0.4) is 0 Å². The smallest absolute Gasteiger partial charge is 0.344 e. The Morgan fingerprint density at radius 1 is 1.11 bits per heavy atom. The van der Waals surface area contributed by atoms with Gasteiger partial charge in [-0.2, -0.15) is 0 Å². The number of esters is 1. The fraction of sp³-hybridized carbons (Fsp3) is 0.350. The highest BCUT2D eigenvalue weighted by Gasteiger charge is 2.26. The number of halogens is 2. The molecule has 152 valence electrons. The highest BCUT2D eigenvalue weighted by molar-refractivity contribution is 7.89. The number of hydrogen-bond donors (Lipinski definition) is 1. The van der Waals surface area contributed by atoms with Gasteiger partial charge in [0.25, 0.3) is 0 Å². The average Bonchev–Trinajstić information content (AvgIpc) is 2.51. The van der Waals surface area contributed by atoms with Crippen LogP contribution in [-0.4, -0.2) is 14.4 Å². The van der Waals surface area contributed by atoms with Crippen molar-refractivity contribution in [1.82, 2.24) is 0 Å². The molecule has 2 aromatic rings. The van der Waals surface area contributed by atoms with E-state index >= 15 is 0 Å². The number of rotatable bonds is 4. The summed E-state index contributed by atoms with van der Waals surface area (Å²) in [7, 11) is -4.46. The molecule has 2 N–H and O–H groups in total. The molecule has 0 bridgehead atoms. The van der Waals surface area contributed by atoms with Crippen LogP contribution < -0.4 is 5.14 Å². The number of aryl methyl sites for hydroxylation is 2. The zero-order chi connectivity index (χ0) is 21.4. The van der Waals surface area contributed by atoms with E-state index in [4.69, 9.17) is 9.88 Å². The molecule has 5 nitrogen and oxygen atoms in total. The quantitative estimate of drug-likeness (QED) is 0.774. The summed E-state index contributed by atoms with van der Waals surface area (Å²) < 4.78 is 56.2. The van der Waals surface area contributed by atoms with Gasteiger partial charge in [0.15, 0.2) is 5.82 Å². The Labute approximate surface area is 163 Å². The van der Waals surface area contributed by atoms with Crippen molar-refractivity contribution in [1.29, 1.82) is 0 Å². The summed E-state index contributed by atoms with van der Waals surface area (Å²) in [5.74, 6) is -4.10. The van der Waals surface area contributed by atoms with Crippen LogP contribution in [0.4, 0.5) is 8.78 Å². The van der Waals surface area contributed by atoms with E-state index in [0.717, 1.165) is 16.7 Å². The van der Waals surface area contributed by atoms with Gasteiger partial charge in [0.05, 0.1) is 0 Å². The molecule has 0 fully saturated rings. The normalized spacial score (nSPS) is 12.1. The molecule has 2 rings (SSSR count). The topological polar surface area (TPSA) is 86.5 Å². The number of carbonyl (C=O) groups is 1. The molecule has 0 unspecified atom stereocenters. The van der Waals surface area contributed by atoms with Gasteiger partial charge in [0.1, 0.15) is 22.9 Å². The van der Waals surface area contributed by atoms with Crippen molar-refractivity contribution >= 4 is 16.0 Å². The standard InChI is InChI=1S/C20H23F2NO4S/c1-11-8-13(20(3,4)5)9-12(2)14(11)10-27-19(24)17-15(21)6-7-16(18(17)22)28(23,25)26/h6-9H,10H2,1-5H3,(H2,23,25,26). The van der Waals surface area contributed by atoms with E-state index in [-0.39, 0.29) is 12.0 Å². The van der Waals surface area contributed by atoms with Crippen molar-refractivity contribution in [3.05, 3.63) is 63.7 Å². The van der Waals surface area contributed by atoms with Crippen molar-refractivity contribution < 1.29 is 26.7 Å². The van der Waals surface area contributed by atoms with Gasteiger partial charge in [-0.3, -0.25) is 0 Å². The molecule has 0 aliphatic heterocycles. The van der Waals surface area contributed by atoms with E-state index in [1.807, 2.05) is 26.0 Å². The first-order valence-corrected chi connectivity index (χ1v) is 10.1. The molecule has 0 saturated carbocycles. The van der Waals surface area contributed by atoms with E-state index < -0.39 is 38.1 Å². The van der Waals surface area contributed by atoms with Crippen molar-refractivity contribution in [2.45, 2.75) is 51.5 Å². The molecule has 0 amide bonds. The molecular formula is C20H23F2NO4S. The lowest BCUT2D eigenvalue weighted by Gasteiger charge is -2.22. The van der Waals surface area contributed by atoms with Crippen LogP contribution in [0.25, 0.3) is 0 Å². The first-order valence-electron chi connectivity index (χ1n) is 8.52. The Bertz CT molecular complexity index is 1020.